The molecule has 1 saturated heterocycles. The fraction of sp³-hybridized carbons (Fsp3) is 0.333. The van der Waals surface area contributed by atoms with E-state index in [1.54, 1.807) is 12.1 Å². The number of carboxylic acids is 1. The van der Waals surface area contributed by atoms with Crippen molar-refractivity contribution in [2.45, 2.75) is 12.8 Å². The predicted octanol–water partition coefficient (Wildman–Crippen LogP) is 2.08. The van der Waals surface area contributed by atoms with Gasteiger partial charge >= 0.3 is 5.97 Å². The van der Waals surface area contributed by atoms with Crippen molar-refractivity contribution in [1.82, 2.24) is 4.90 Å². The van der Waals surface area contributed by atoms with Crippen molar-refractivity contribution in [3.8, 4) is 0 Å². The minimum absolute atomic E-state index is 0.0578. The number of aliphatic carboxylic acids is 1. The first-order valence-electron chi connectivity index (χ1n) is 5.47. The Hall–Kier alpha value is -1.62. The maximum atomic E-state index is 12.0. The van der Waals surface area contributed by atoms with Crippen molar-refractivity contribution >= 4 is 29.3 Å². The Morgan fingerprint density at radius 3 is 2.65 bits per heavy atom. The second kappa shape index (κ2) is 5.14. The summed E-state index contributed by atoms with van der Waals surface area (Å²) in [5.41, 5.74) is 0. The summed E-state index contributed by atoms with van der Waals surface area (Å²) in [6.45, 7) is 1.66. The Kier molecular flexibility index (Phi) is 3.58. The molecule has 0 spiro atoms. The molecule has 1 fully saturated rings. The van der Waals surface area contributed by atoms with Crippen molar-refractivity contribution < 1.29 is 14.7 Å². The maximum Gasteiger partial charge on any atom is 0.328 e. The summed E-state index contributed by atoms with van der Waals surface area (Å²) >= 11 is 1.33. The van der Waals surface area contributed by atoms with E-state index in [4.69, 9.17) is 5.11 Å². The van der Waals surface area contributed by atoms with E-state index in [1.807, 2.05) is 4.90 Å². The van der Waals surface area contributed by atoms with Crippen LogP contribution in [0.25, 0.3) is 6.08 Å². The summed E-state index contributed by atoms with van der Waals surface area (Å²) in [5, 5.41) is 8.51. The van der Waals surface area contributed by atoms with Gasteiger partial charge in [-0.2, -0.15) is 0 Å². The average Bonchev–Trinajstić information content (AvgIpc) is 2.97. The molecule has 0 radical (unpaired) electrons. The zero-order valence-corrected chi connectivity index (χ0v) is 10.1. The van der Waals surface area contributed by atoms with Gasteiger partial charge in [0.2, 0.25) is 0 Å². The Morgan fingerprint density at radius 1 is 1.29 bits per heavy atom. The molecule has 90 valence electrons. The van der Waals surface area contributed by atoms with Gasteiger partial charge in [-0.3, -0.25) is 4.79 Å². The van der Waals surface area contributed by atoms with Crippen molar-refractivity contribution in [2.75, 3.05) is 13.1 Å². The van der Waals surface area contributed by atoms with Gasteiger partial charge in [0.1, 0.15) is 0 Å². The molecule has 0 atom stereocenters. The lowest BCUT2D eigenvalue weighted by Crippen LogP contribution is -2.26. The second-order valence-electron chi connectivity index (χ2n) is 3.87. The fourth-order valence-electron chi connectivity index (χ4n) is 1.79. The number of carboxylic acid groups (broad SMARTS) is 1. The minimum atomic E-state index is -0.981. The number of nitrogens with zero attached hydrogens (tertiary/aromatic N) is 1. The van der Waals surface area contributed by atoms with Gasteiger partial charge in [-0.25, -0.2) is 4.79 Å². The van der Waals surface area contributed by atoms with E-state index in [0.29, 0.717) is 4.88 Å². The molecule has 1 N–H and O–H groups in total. The number of amides is 1. The van der Waals surface area contributed by atoms with Crippen molar-refractivity contribution in [3.05, 3.63) is 28.0 Å². The number of hydrogen-bond donors (Lipinski definition) is 1. The van der Waals surface area contributed by atoms with Crippen LogP contribution in [-0.4, -0.2) is 35.0 Å². The quantitative estimate of drug-likeness (QED) is 0.837. The SMILES string of the molecule is O=C(O)/C=C/c1ccc(C(=O)N2CCCC2)s1. The summed E-state index contributed by atoms with van der Waals surface area (Å²) < 4.78 is 0. The smallest absolute Gasteiger partial charge is 0.328 e. The maximum absolute atomic E-state index is 12.0. The van der Waals surface area contributed by atoms with Crippen LogP contribution in [0.4, 0.5) is 0 Å². The summed E-state index contributed by atoms with van der Waals surface area (Å²) in [5.74, 6) is -0.923. The highest BCUT2D eigenvalue weighted by Crippen LogP contribution is 2.21. The zero-order valence-electron chi connectivity index (χ0n) is 9.26. The first-order valence-corrected chi connectivity index (χ1v) is 6.28. The predicted molar refractivity (Wildman–Crippen MR) is 66.1 cm³/mol. The number of thiophene rings is 1. The third-order valence-electron chi connectivity index (χ3n) is 2.62. The van der Waals surface area contributed by atoms with E-state index in [2.05, 4.69) is 0 Å². The number of likely N-dealkylation sites (tertiary alicyclic amines) is 1. The molecule has 5 heteroatoms. The van der Waals surface area contributed by atoms with Crippen molar-refractivity contribution in [1.29, 1.82) is 0 Å². The van der Waals surface area contributed by atoms with Gasteiger partial charge in [0, 0.05) is 24.0 Å². The lowest BCUT2D eigenvalue weighted by atomic mass is 10.3. The molecule has 0 aromatic carbocycles. The lowest BCUT2D eigenvalue weighted by Gasteiger charge is -2.13. The van der Waals surface area contributed by atoms with Crippen molar-refractivity contribution in [3.63, 3.8) is 0 Å². The molecule has 1 aromatic rings. The van der Waals surface area contributed by atoms with Gasteiger partial charge in [-0.15, -0.1) is 11.3 Å². The number of carbonyl (C=O) groups excluding carboxylic acids is 1. The Labute approximate surface area is 103 Å². The molecular weight excluding hydrogens is 238 g/mol. The van der Waals surface area contributed by atoms with E-state index in [9.17, 15) is 9.59 Å². The van der Waals surface area contributed by atoms with Crippen LogP contribution in [0.1, 0.15) is 27.4 Å². The third kappa shape index (κ3) is 2.94. The molecule has 1 aliphatic heterocycles. The number of rotatable bonds is 3. The van der Waals surface area contributed by atoms with Crippen LogP contribution in [0.3, 0.4) is 0 Å². The Bertz CT molecular complexity index is 458. The van der Waals surface area contributed by atoms with Crippen molar-refractivity contribution in [2.24, 2.45) is 0 Å². The van der Waals surface area contributed by atoms with Crippen LogP contribution < -0.4 is 0 Å². The highest BCUT2D eigenvalue weighted by Gasteiger charge is 2.20. The monoisotopic (exact) mass is 251 g/mol. The molecule has 1 aromatic heterocycles. The fourth-order valence-corrected chi connectivity index (χ4v) is 2.67. The molecule has 2 heterocycles. The highest BCUT2D eigenvalue weighted by atomic mass is 32.1. The Balaban J connectivity index is 2.07. The van der Waals surface area contributed by atoms with Crippen LogP contribution in [-0.2, 0) is 4.79 Å². The molecule has 0 unspecified atom stereocenters. The van der Waals surface area contributed by atoms with E-state index >= 15 is 0 Å². The molecular formula is C12H13NO3S. The molecule has 4 nitrogen and oxygen atoms in total. The minimum Gasteiger partial charge on any atom is -0.478 e. The highest BCUT2D eigenvalue weighted by molar-refractivity contribution is 7.14. The van der Waals surface area contributed by atoms with Gasteiger partial charge in [-0.1, -0.05) is 0 Å². The molecule has 1 amide bonds. The number of hydrogen-bond acceptors (Lipinski definition) is 3. The largest absolute Gasteiger partial charge is 0.478 e. The van der Waals surface area contributed by atoms with Crippen LogP contribution in [0, 0.1) is 0 Å². The van der Waals surface area contributed by atoms with Gasteiger partial charge in [0.25, 0.3) is 5.91 Å². The van der Waals surface area contributed by atoms with Crippen LogP contribution in [0.2, 0.25) is 0 Å². The normalized spacial score (nSPS) is 15.6. The molecule has 17 heavy (non-hydrogen) atoms. The van der Waals surface area contributed by atoms with Gasteiger partial charge in [0.05, 0.1) is 4.88 Å². The van der Waals surface area contributed by atoms with E-state index in [-0.39, 0.29) is 5.91 Å². The average molecular weight is 251 g/mol. The second-order valence-corrected chi connectivity index (χ2v) is 4.99. The first kappa shape index (κ1) is 11.9. The van der Waals surface area contributed by atoms with Crippen LogP contribution in [0.15, 0.2) is 18.2 Å². The lowest BCUT2D eigenvalue weighted by molar-refractivity contribution is -0.131. The van der Waals surface area contributed by atoms with E-state index in [1.165, 1.54) is 17.4 Å². The molecule has 0 saturated carbocycles. The molecule has 0 aliphatic carbocycles. The van der Waals surface area contributed by atoms with Gasteiger partial charge in [-0.05, 0) is 31.1 Å². The topological polar surface area (TPSA) is 57.6 Å². The van der Waals surface area contributed by atoms with Gasteiger partial charge in [0.15, 0.2) is 0 Å². The van der Waals surface area contributed by atoms with Crippen LogP contribution in [0.5, 0.6) is 0 Å². The Morgan fingerprint density at radius 2 is 2.00 bits per heavy atom. The third-order valence-corrected chi connectivity index (χ3v) is 3.66. The molecule has 1 aliphatic rings. The summed E-state index contributed by atoms with van der Waals surface area (Å²) in [6, 6.07) is 3.53. The van der Waals surface area contributed by atoms with E-state index < -0.39 is 5.97 Å². The summed E-state index contributed by atoms with van der Waals surface area (Å²) in [4.78, 5) is 25.7. The van der Waals surface area contributed by atoms with Gasteiger partial charge < -0.3 is 10.0 Å². The molecule has 2 rings (SSSR count). The number of carbonyl (C=O) groups is 2. The standard InChI is InChI=1S/C12H13NO3S/c14-11(15)6-4-9-3-5-10(17-9)12(16)13-7-1-2-8-13/h3-6H,1-2,7-8H2,(H,14,15)/b6-4+. The van der Waals surface area contributed by atoms with E-state index in [0.717, 1.165) is 36.9 Å². The summed E-state index contributed by atoms with van der Waals surface area (Å²) in [7, 11) is 0. The first-order chi connectivity index (χ1) is 8.16. The molecule has 0 bridgehead atoms. The zero-order chi connectivity index (χ0) is 12.3. The van der Waals surface area contributed by atoms with Crippen LogP contribution >= 0.6 is 11.3 Å². The summed E-state index contributed by atoms with van der Waals surface area (Å²) in [6.07, 6.45) is 4.73.